The first kappa shape index (κ1) is 19.6. The molecule has 2 aliphatic rings. The molecule has 2 aromatic rings. The summed E-state index contributed by atoms with van der Waals surface area (Å²) in [4.78, 5) is 27.3. The number of aryl methyl sites for hydroxylation is 1. The minimum Gasteiger partial charge on any atom is -0.374 e. The third kappa shape index (κ3) is 4.16. The number of fused-ring (bicyclic) bond motifs is 1. The quantitative estimate of drug-likeness (QED) is 0.754. The number of ether oxygens (including phenoxy) is 1. The van der Waals surface area contributed by atoms with Gasteiger partial charge >= 0.3 is 0 Å². The van der Waals surface area contributed by atoms with Crippen LogP contribution >= 0.6 is 0 Å². The van der Waals surface area contributed by atoms with Gasteiger partial charge < -0.3 is 24.0 Å². The van der Waals surface area contributed by atoms with Gasteiger partial charge in [-0.05, 0) is 26.2 Å². The van der Waals surface area contributed by atoms with Crippen LogP contribution in [0.25, 0.3) is 0 Å². The van der Waals surface area contributed by atoms with Crippen LogP contribution in [0.1, 0.15) is 42.5 Å². The van der Waals surface area contributed by atoms with Crippen LogP contribution in [0.2, 0.25) is 0 Å². The van der Waals surface area contributed by atoms with Crippen molar-refractivity contribution in [1.82, 2.24) is 30.1 Å². The molecule has 3 heterocycles. The standard InChI is InChI=1S/C19H26N6O4/c1-2-24-12-21-22-17(24)5-7-20-18(26)13-3-4-16-15(11-13)25(8-10-28-16)19(27)14-6-9-29-23-14/h6,9,12-13,15-16H,2-5,7-8,10-11H2,1H3,(H,20,26)/t13-,15+,16+/m0/s1. The molecule has 4 rings (SSSR count). The molecule has 2 amide bonds. The molecular weight excluding hydrogens is 376 g/mol. The van der Waals surface area contributed by atoms with Gasteiger partial charge in [0.25, 0.3) is 5.91 Å². The van der Waals surface area contributed by atoms with E-state index < -0.39 is 0 Å². The molecule has 10 heteroatoms. The number of nitrogens with zero attached hydrogens (tertiary/aromatic N) is 5. The van der Waals surface area contributed by atoms with E-state index in [9.17, 15) is 9.59 Å². The van der Waals surface area contributed by atoms with Gasteiger partial charge in [-0.25, -0.2) is 0 Å². The monoisotopic (exact) mass is 402 g/mol. The molecule has 3 atom stereocenters. The summed E-state index contributed by atoms with van der Waals surface area (Å²) in [7, 11) is 0. The highest BCUT2D eigenvalue weighted by Crippen LogP contribution is 2.33. The summed E-state index contributed by atoms with van der Waals surface area (Å²) in [6.07, 6.45) is 5.79. The number of hydrogen-bond donors (Lipinski definition) is 1. The molecule has 0 radical (unpaired) electrons. The molecule has 2 fully saturated rings. The predicted molar refractivity (Wildman–Crippen MR) is 101 cm³/mol. The average molecular weight is 402 g/mol. The molecular formula is C19H26N6O4. The van der Waals surface area contributed by atoms with Gasteiger partial charge in [0.05, 0.1) is 18.8 Å². The second-order valence-corrected chi connectivity index (χ2v) is 7.44. The van der Waals surface area contributed by atoms with Crippen LogP contribution in [0.5, 0.6) is 0 Å². The predicted octanol–water partition coefficient (Wildman–Crippen LogP) is 0.655. The van der Waals surface area contributed by atoms with Gasteiger partial charge in [0.2, 0.25) is 5.91 Å². The third-order valence-electron chi connectivity index (χ3n) is 5.79. The summed E-state index contributed by atoms with van der Waals surface area (Å²) >= 11 is 0. The van der Waals surface area contributed by atoms with Gasteiger partial charge in [0.1, 0.15) is 18.4 Å². The smallest absolute Gasteiger partial charge is 0.276 e. The second kappa shape index (κ2) is 8.73. The molecule has 29 heavy (non-hydrogen) atoms. The van der Waals surface area contributed by atoms with E-state index in [0.717, 1.165) is 25.2 Å². The Labute approximate surface area is 168 Å². The molecule has 0 bridgehead atoms. The Kier molecular flexibility index (Phi) is 5.89. The van der Waals surface area contributed by atoms with Gasteiger partial charge in [-0.15, -0.1) is 10.2 Å². The van der Waals surface area contributed by atoms with Crippen molar-refractivity contribution >= 4 is 11.8 Å². The van der Waals surface area contributed by atoms with Crippen LogP contribution in [0.15, 0.2) is 23.2 Å². The molecule has 1 saturated heterocycles. The van der Waals surface area contributed by atoms with Gasteiger partial charge in [-0.1, -0.05) is 5.16 Å². The van der Waals surface area contributed by atoms with E-state index in [1.165, 1.54) is 6.26 Å². The highest BCUT2D eigenvalue weighted by atomic mass is 16.5. The van der Waals surface area contributed by atoms with Crippen molar-refractivity contribution in [1.29, 1.82) is 0 Å². The topological polar surface area (TPSA) is 115 Å². The Hall–Kier alpha value is -2.75. The zero-order valence-corrected chi connectivity index (χ0v) is 16.5. The number of amides is 2. The molecule has 10 nitrogen and oxygen atoms in total. The molecule has 156 valence electrons. The zero-order valence-electron chi connectivity index (χ0n) is 16.5. The third-order valence-corrected chi connectivity index (χ3v) is 5.79. The number of rotatable bonds is 6. The zero-order chi connectivity index (χ0) is 20.2. The highest BCUT2D eigenvalue weighted by Gasteiger charge is 2.42. The van der Waals surface area contributed by atoms with Crippen molar-refractivity contribution in [2.45, 2.75) is 51.3 Å². The first-order valence-corrected chi connectivity index (χ1v) is 10.1. The Morgan fingerprint density at radius 1 is 1.34 bits per heavy atom. The molecule has 1 aliphatic heterocycles. The molecule has 0 spiro atoms. The maximum absolute atomic E-state index is 12.8. The lowest BCUT2D eigenvalue weighted by Crippen LogP contribution is -2.57. The van der Waals surface area contributed by atoms with E-state index in [0.29, 0.717) is 32.5 Å². The molecule has 1 aliphatic carbocycles. The van der Waals surface area contributed by atoms with Crippen molar-refractivity contribution in [3.63, 3.8) is 0 Å². The van der Waals surface area contributed by atoms with Gasteiger partial charge in [-0.3, -0.25) is 9.59 Å². The summed E-state index contributed by atoms with van der Waals surface area (Å²) in [6, 6.07) is 1.44. The van der Waals surface area contributed by atoms with Crippen LogP contribution < -0.4 is 5.32 Å². The van der Waals surface area contributed by atoms with Crippen LogP contribution in [0, 0.1) is 5.92 Å². The number of morpholine rings is 1. The molecule has 0 unspecified atom stereocenters. The lowest BCUT2D eigenvalue weighted by Gasteiger charge is -2.45. The van der Waals surface area contributed by atoms with Crippen LogP contribution in [0.3, 0.4) is 0 Å². The maximum Gasteiger partial charge on any atom is 0.276 e. The molecule has 1 saturated carbocycles. The second-order valence-electron chi connectivity index (χ2n) is 7.44. The normalized spacial score (nSPS) is 24.2. The van der Waals surface area contributed by atoms with E-state index in [-0.39, 0.29) is 35.6 Å². The number of aromatic nitrogens is 4. The fourth-order valence-corrected chi connectivity index (χ4v) is 4.25. The maximum atomic E-state index is 12.8. The van der Waals surface area contributed by atoms with Crippen molar-refractivity contribution in [2.75, 3.05) is 19.7 Å². The minimum absolute atomic E-state index is 0.0189. The Morgan fingerprint density at radius 3 is 3.03 bits per heavy atom. The summed E-state index contributed by atoms with van der Waals surface area (Å²) in [5.74, 6) is 0.568. The van der Waals surface area contributed by atoms with Crippen molar-refractivity contribution in [3.05, 3.63) is 30.2 Å². The fourth-order valence-electron chi connectivity index (χ4n) is 4.25. The highest BCUT2D eigenvalue weighted by molar-refractivity contribution is 5.92. The SMILES string of the molecule is CCn1cnnc1CCNC(=O)[C@H]1CC[C@H]2OCCN(C(=O)c3ccon3)[C@@H]2C1. The van der Waals surface area contributed by atoms with Crippen molar-refractivity contribution in [3.8, 4) is 0 Å². The first-order valence-electron chi connectivity index (χ1n) is 10.1. The summed E-state index contributed by atoms with van der Waals surface area (Å²) < 4.78 is 12.6. The van der Waals surface area contributed by atoms with Crippen LogP contribution in [-0.4, -0.2) is 68.5 Å². The van der Waals surface area contributed by atoms with Gasteiger partial charge in [0.15, 0.2) is 5.69 Å². The van der Waals surface area contributed by atoms with Crippen LogP contribution in [-0.2, 0) is 22.5 Å². The summed E-state index contributed by atoms with van der Waals surface area (Å²) in [5.41, 5.74) is 0.289. The fraction of sp³-hybridized carbons (Fsp3) is 0.632. The molecule has 2 aromatic heterocycles. The number of carbonyl (C=O) groups excluding carboxylic acids is 2. The lowest BCUT2D eigenvalue weighted by atomic mass is 9.81. The van der Waals surface area contributed by atoms with E-state index >= 15 is 0 Å². The average Bonchev–Trinajstić information content (AvgIpc) is 3.44. The lowest BCUT2D eigenvalue weighted by molar-refractivity contribution is -0.131. The van der Waals surface area contributed by atoms with E-state index in [1.54, 1.807) is 17.3 Å². The van der Waals surface area contributed by atoms with Crippen LogP contribution in [0.4, 0.5) is 0 Å². The number of nitrogens with one attached hydrogen (secondary N) is 1. The van der Waals surface area contributed by atoms with E-state index in [1.807, 2.05) is 11.5 Å². The van der Waals surface area contributed by atoms with Crippen molar-refractivity contribution in [2.24, 2.45) is 5.92 Å². The van der Waals surface area contributed by atoms with Gasteiger partial charge in [0, 0.05) is 38.0 Å². The van der Waals surface area contributed by atoms with E-state index in [2.05, 4.69) is 20.7 Å². The Bertz CT molecular complexity index is 836. The molecule has 0 aromatic carbocycles. The first-order chi connectivity index (χ1) is 14.2. The number of carbonyl (C=O) groups is 2. The largest absolute Gasteiger partial charge is 0.374 e. The minimum atomic E-state index is -0.169. The summed E-state index contributed by atoms with van der Waals surface area (Å²) in [5, 5.41) is 14.8. The molecule has 1 N–H and O–H groups in total. The Morgan fingerprint density at radius 2 is 2.24 bits per heavy atom. The number of hydrogen-bond acceptors (Lipinski definition) is 7. The Balaban J connectivity index is 1.34. The summed E-state index contributed by atoms with van der Waals surface area (Å²) in [6.45, 7) is 4.34. The van der Waals surface area contributed by atoms with Gasteiger partial charge in [-0.2, -0.15) is 0 Å². The van der Waals surface area contributed by atoms with Crippen molar-refractivity contribution < 1.29 is 18.8 Å². The van der Waals surface area contributed by atoms with E-state index in [4.69, 9.17) is 9.26 Å².